The van der Waals surface area contributed by atoms with Crippen LogP contribution in [0.5, 0.6) is 0 Å². The Morgan fingerprint density at radius 2 is 1.69 bits per heavy atom. The van der Waals surface area contributed by atoms with Gasteiger partial charge in [-0.15, -0.1) is 0 Å². The summed E-state index contributed by atoms with van der Waals surface area (Å²) in [7, 11) is 0. The zero-order chi connectivity index (χ0) is 9.68. The Bertz CT molecular complexity index is 128. The smallest absolute Gasteiger partial charge is 0.0386 e. The van der Waals surface area contributed by atoms with Crippen molar-refractivity contribution in [1.82, 2.24) is 0 Å². The molecule has 1 saturated carbocycles. The Balaban J connectivity index is 2.08. The van der Waals surface area contributed by atoms with Gasteiger partial charge >= 0.3 is 0 Å². The fourth-order valence-corrected chi connectivity index (χ4v) is 2.47. The minimum atomic E-state index is 0.961. The van der Waals surface area contributed by atoms with Crippen LogP contribution in [0.1, 0.15) is 65.7 Å². The highest BCUT2D eigenvalue weighted by atomic mass is 14.3. The Labute approximate surface area is 84.1 Å². The SMILES string of the molecule is CCCC1CCC1CCC(C)CC. The van der Waals surface area contributed by atoms with Gasteiger partial charge in [-0.2, -0.15) is 0 Å². The second kappa shape index (κ2) is 5.67. The molecule has 0 radical (unpaired) electrons. The number of hydrogen-bond acceptors (Lipinski definition) is 0. The third-order valence-corrected chi connectivity index (χ3v) is 3.96. The van der Waals surface area contributed by atoms with Crippen molar-refractivity contribution >= 4 is 0 Å². The van der Waals surface area contributed by atoms with Gasteiger partial charge in [0, 0.05) is 0 Å². The summed E-state index contributed by atoms with van der Waals surface area (Å²) in [4.78, 5) is 0. The first-order valence-corrected chi connectivity index (χ1v) is 6.27. The molecule has 0 aliphatic heterocycles. The summed E-state index contributed by atoms with van der Waals surface area (Å²) in [6.45, 7) is 7.03. The normalized spacial score (nSPS) is 29.8. The fraction of sp³-hybridized carbons (Fsp3) is 1.00. The Morgan fingerprint density at radius 3 is 2.15 bits per heavy atom. The van der Waals surface area contributed by atoms with Crippen LogP contribution < -0.4 is 0 Å². The van der Waals surface area contributed by atoms with E-state index in [1.165, 1.54) is 44.9 Å². The van der Waals surface area contributed by atoms with Crippen LogP contribution in [0, 0.1) is 17.8 Å². The Kier molecular flexibility index (Phi) is 4.83. The van der Waals surface area contributed by atoms with Crippen molar-refractivity contribution in [2.24, 2.45) is 17.8 Å². The molecule has 3 unspecified atom stereocenters. The van der Waals surface area contributed by atoms with Gasteiger partial charge in [-0.05, 0) is 37.0 Å². The lowest BCUT2D eigenvalue weighted by Gasteiger charge is -2.37. The highest BCUT2D eigenvalue weighted by Gasteiger charge is 2.29. The molecule has 0 spiro atoms. The maximum atomic E-state index is 2.40. The molecule has 0 bridgehead atoms. The van der Waals surface area contributed by atoms with Crippen molar-refractivity contribution in [3.63, 3.8) is 0 Å². The number of hydrogen-bond donors (Lipinski definition) is 0. The first kappa shape index (κ1) is 11.1. The van der Waals surface area contributed by atoms with Crippen molar-refractivity contribution in [2.75, 3.05) is 0 Å². The Morgan fingerprint density at radius 1 is 1.08 bits per heavy atom. The molecular weight excluding hydrogens is 156 g/mol. The molecule has 0 nitrogen and oxygen atoms in total. The van der Waals surface area contributed by atoms with E-state index < -0.39 is 0 Å². The van der Waals surface area contributed by atoms with Crippen LogP contribution >= 0.6 is 0 Å². The predicted molar refractivity (Wildman–Crippen MR) is 59.8 cm³/mol. The molecule has 1 fully saturated rings. The van der Waals surface area contributed by atoms with E-state index in [2.05, 4.69) is 20.8 Å². The lowest BCUT2D eigenvalue weighted by Crippen LogP contribution is -2.26. The van der Waals surface area contributed by atoms with E-state index in [1.807, 2.05) is 0 Å². The highest BCUT2D eigenvalue weighted by molar-refractivity contribution is 4.80. The fourth-order valence-electron chi connectivity index (χ4n) is 2.47. The van der Waals surface area contributed by atoms with Gasteiger partial charge in [0.15, 0.2) is 0 Å². The number of rotatable bonds is 6. The quantitative estimate of drug-likeness (QED) is 0.561. The van der Waals surface area contributed by atoms with Crippen LogP contribution in [-0.4, -0.2) is 0 Å². The second-order valence-corrected chi connectivity index (χ2v) is 4.98. The largest absolute Gasteiger partial charge is 0.0654 e. The lowest BCUT2D eigenvalue weighted by atomic mass is 9.69. The van der Waals surface area contributed by atoms with E-state index in [0.717, 1.165) is 17.8 Å². The first-order valence-electron chi connectivity index (χ1n) is 6.27. The van der Waals surface area contributed by atoms with Crippen LogP contribution in [0.4, 0.5) is 0 Å². The van der Waals surface area contributed by atoms with E-state index in [9.17, 15) is 0 Å². The van der Waals surface area contributed by atoms with Gasteiger partial charge in [-0.1, -0.05) is 46.5 Å². The maximum absolute atomic E-state index is 2.40. The van der Waals surface area contributed by atoms with Crippen LogP contribution in [0.3, 0.4) is 0 Å². The van der Waals surface area contributed by atoms with Gasteiger partial charge in [0.1, 0.15) is 0 Å². The van der Waals surface area contributed by atoms with E-state index in [4.69, 9.17) is 0 Å². The van der Waals surface area contributed by atoms with Gasteiger partial charge < -0.3 is 0 Å². The molecular formula is C13H26. The molecule has 0 aromatic heterocycles. The topological polar surface area (TPSA) is 0 Å². The molecule has 0 heteroatoms. The summed E-state index contributed by atoms with van der Waals surface area (Å²) in [5.74, 6) is 3.17. The van der Waals surface area contributed by atoms with Gasteiger partial charge in [0.05, 0.1) is 0 Å². The van der Waals surface area contributed by atoms with Gasteiger partial charge in [-0.3, -0.25) is 0 Å². The molecule has 78 valence electrons. The lowest BCUT2D eigenvalue weighted by molar-refractivity contribution is 0.143. The summed E-state index contributed by atoms with van der Waals surface area (Å²) in [5, 5.41) is 0. The second-order valence-electron chi connectivity index (χ2n) is 4.98. The molecule has 0 aromatic carbocycles. The first-order chi connectivity index (χ1) is 6.27. The van der Waals surface area contributed by atoms with E-state index in [-0.39, 0.29) is 0 Å². The molecule has 0 aromatic rings. The molecule has 0 N–H and O–H groups in total. The van der Waals surface area contributed by atoms with E-state index >= 15 is 0 Å². The monoisotopic (exact) mass is 182 g/mol. The molecule has 3 atom stereocenters. The maximum Gasteiger partial charge on any atom is -0.0386 e. The van der Waals surface area contributed by atoms with Crippen molar-refractivity contribution in [2.45, 2.75) is 65.7 Å². The third kappa shape index (κ3) is 3.32. The molecule has 1 rings (SSSR count). The minimum absolute atomic E-state index is 0.961. The summed E-state index contributed by atoms with van der Waals surface area (Å²) in [5.41, 5.74) is 0. The molecule has 0 heterocycles. The van der Waals surface area contributed by atoms with Crippen LogP contribution in [0.25, 0.3) is 0 Å². The van der Waals surface area contributed by atoms with Gasteiger partial charge in [-0.25, -0.2) is 0 Å². The molecule has 0 amide bonds. The average Bonchev–Trinajstić information content (AvgIpc) is 2.12. The van der Waals surface area contributed by atoms with Crippen molar-refractivity contribution in [1.29, 1.82) is 0 Å². The summed E-state index contributed by atoms with van der Waals surface area (Å²) in [6, 6.07) is 0. The van der Waals surface area contributed by atoms with Crippen molar-refractivity contribution in [3.05, 3.63) is 0 Å². The van der Waals surface area contributed by atoms with Crippen molar-refractivity contribution < 1.29 is 0 Å². The summed E-state index contributed by atoms with van der Waals surface area (Å²) in [6.07, 6.45) is 10.3. The van der Waals surface area contributed by atoms with Crippen LogP contribution in [-0.2, 0) is 0 Å². The summed E-state index contributed by atoms with van der Waals surface area (Å²) < 4.78 is 0. The summed E-state index contributed by atoms with van der Waals surface area (Å²) >= 11 is 0. The molecule has 13 heavy (non-hydrogen) atoms. The highest BCUT2D eigenvalue weighted by Crippen LogP contribution is 2.41. The van der Waals surface area contributed by atoms with E-state index in [0.29, 0.717) is 0 Å². The molecule has 1 aliphatic carbocycles. The standard InChI is InChI=1S/C13H26/c1-4-6-12-9-10-13(12)8-7-11(3)5-2/h11-13H,4-10H2,1-3H3. The van der Waals surface area contributed by atoms with Crippen LogP contribution in [0.15, 0.2) is 0 Å². The minimum Gasteiger partial charge on any atom is -0.0654 e. The zero-order valence-corrected chi connectivity index (χ0v) is 9.68. The molecule has 0 saturated heterocycles. The predicted octanol–water partition coefficient (Wildman–Crippen LogP) is 4.64. The zero-order valence-electron chi connectivity index (χ0n) is 9.68. The average molecular weight is 182 g/mol. The molecule has 1 aliphatic rings. The van der Waals surface area contributed by atoms with E-state index in [1.54, 1.807) is 0 Å². The van der Waals surface area contributed by atoms with Gasteiger partial charge in [0.2, 0.25) is 0 Å². The van der Waals surface area contributed by atoms with Gasteiger partial charge in [0.25, 0.3) is 0 Å². The third-order valence-electron chi connectivity index (χ3n) is 3.96. The van der Waals surface area contributed by atoms with Crippen LogP contribution in [0.2, 0.25) is 0 Å². The van der Waals surface area contributed by atoms with Crippen molar-refractivity contribution in [3.8, 4) is 0 Å². The Hall–Kier alpha value is 0.